The average Bonchev–Trinajstić information content (AvgIpc) is 3.15. The van der Waals surface area contributed by atoms with E-state index in [1.54, 1.807) is 0 Å². The number of nitrogens with zero attached hydrogens (tertiary/aromatic N) is 1. The summed E-state index contributed by atoms with van der Waals surface area (Å²) in [6, 6.07) is 3.84. The van der Waals surface area contributed by atoms with Crippen LogP contribution in [0.3, 0.4) is 0 Å². The Hall–Kier alpha value is -2.52. The fraction of sp³-hybridized carbons (Fsp3) is 0.609. The molecule has 9 nitrogen and oxygen atoms in total. The van der Waals surface area contributed by atoms with Gasteiger partial charge in [-0.25, -0.2) is 9.59 Å². The standard InChI is InChI=1S/C21H30ClNO4.C2H2O4/c1-5-8-23-9-6-7-15(20(24)27-21(2,3)4)17(23)10-14-11-18-19(12-16(14)22)26-13-25-18;3-1(4)2(5)6/h11-12,15,17H,5-10,13H2,1-4H3;(H,3,4)(H,5,6). The normalized spacial score (nSPS) is 19.9. The third-order valence-electron chi connectivity index (χ3n) is 5.27. The maximum Gasteiger partial charge on any atom is 0.414 e. The summed E-state index contributed by atoms with van der Waals surface area (Å²) in [6.07, 6.45) is 3.60. The number of piperidine rings is 1. The van der Waals surface area contributed by atoms with Gasteiger partial charge in [-0.05, 0) is 71.2 Å². The van der Waals surface area contributed by atoms with Crippen LogP contribution < -0.4 is 9.47 Å². The van der Waals surface area contributed by atoms with Crippen LogP contribution >= 0.6 is 11.6 Å². The number of hydrogen-bond acceptors (Lipinski definition) is 7. The molecule has 2 N–H and O–H groups in total. The number of carbonyl (C=O) groups is 3. The van der Waals surface area contributed by atoms with Gasteiger partial charge in [-0.3, -0.25) is 9.69 Å². The van der Waals surface area contributed by atoms with Crippen LogP contribution in [0, 0.1) is 5.92 Å². The van der Waals surface area contributed by atoms with E-state index in [1.807, 2.05) is 32.9 Å². The minimum Gasteiger partial charge on any atom is -0.473 e. The van der Waals surface area contributed by atoms with E-state index in [9.17, 15) is 4.79 Å². The molecule has 1 aromatic carbocycles. The van der Waals surface area contributed by atoms with Crippen molar-refractivity contribution in [3.8, 4) is 11.5 Å². The summed E-state index contributed by atoms with van der Waals surface area (Å²) in [5, 5.41) is 15.4. The Bertz CT molecular complexity index is 853. The highest BCUT2D eigenvalue weighted by Gasteiger charge is 2.38. The predicted octanol–water partition coefficient (Wildman–Crippen LogP) is 3.60. The Balaban J connectivity index is 0.000000569. The molecular weight excluding hydrogens is 454 g/mol. The van der Waals surface area contributed by atoms with Gasteiger partial charge in [-0.15, -0.1) is 0 Å². The summed E-state index contributed by atoms with van der Waals surface area (Å²) >= 11 is 6.52. The molecule has 2 aliphatic heterocycles. The van der Waals surface area contributed by atoms with Gasteiger partial charge in [0.2, 0.25) is 6.79 Å². The lowest BCUT2D eigenvalue weighted by atomic mass is 9.84. The molecule has 0 aliphatic carbocycles. The minimum absolute atomic E-state index is 0.0754. The first-order valence-electron chi connectivity index (χ1n) is 10.9. The largest absolute Gasteiger partial charge is 0.473 e. The third kappa shape index (κ3) is 7.78. The number of carbonyl (C=O) groups excluding carboxylic acids is 1. The predicted molar refractivity (Wildman–Crippen MR) is 121 cm³/mol. The molecule has 1 aromatic rings. The molecule has 0 saturated carbocycles. The van der Waals surface area contributed by atoms with Crippen molar-refractivity contribution in [3.63, 3.8) is 0 Å². The molecule has 184 valence electrons. The van der Waals surface area contributed by atoms with Gasteiger partial charge in [0.25, 0.3) is 0 Å². The van der Waals surface area contributed by atoms with Crippen molar-refractivity contribution >= 4 is 29.5 Å². The SMILES string of the molecule is CCCN1CCCC(C(=O)OC(C)(C)C)C1Cc1cc2c(cc1Cl)OCO2.O=C(O)C(=O)O. The van der Waals surface area contributed by atoms with Crippen LogP contribution in [0.4, 0.5) is 0 Å². The molecule has 2 unspecified atom stereocenters. The van der Waals surface area contributed by atoms with Crippen molar-refractivity contribution in [2.45, 2.75) is 65.0 Å². The van der Waals surface area contributed by atoms with E-state index in [4.69, 9.17) is 45.6 Å². The first-order chi connectivity index (χ1) is 15.4. The van der Waals surface area contributed by atoms with Gasteiger partial charge in [-0.1, -0.05) is 18.5 Å². The van der Waals surface area contributed by atoms with Crippen LogP contribution in [-0.4, -0.2) is 64.5 Å². The number of ether oxygens (including phenoxy) is 3. The van der Waals surface area contributed by atoms with E-state index in [2.05, 4.69) is 11.8 Å². The van der Waals surface area contributed by atoms with Crippen LogP contribution in [0.15, 0.2) is 12.1 Å². The Labute approximate surface area is 198 Å². The number of esters is 1. The number of halogens is 1. The molecule has 2 heterocycles. The zero-order chi connectivity index (χ0) is 24.8. The van der Waals surface area contributed by atoms with E-state index >= 15 is 0 Å². The van der Waals surface area contributed by atoms with Crippen molar-refractivity contribution in [1.29, 1.82) is 0 Å². The van der Waals surface area contributed by atoms with Gasteiger partial charge >= 0.3 is 17.9 Å². The van der Waals surface area contributed by atoms with Crippen molar-refractivity contribution in [2.75, 3.05) is 19.9 Å². The number of benzene rings is 1. The molecule has 0 radical (unpaired) electrons. The van der Waals surface area contributed by atoms with Gasteiger partial charge in [0.05, 0.1) is 5.92 Å². The Morgan fingerprint density at radius 1 is 1.15 bits per heavy atom. The molecule has 0 amide bonds. The Morgan fingerprint density at radius 2 is 1.76 bits per heavy atom. The summed E-state index contributed by atoms with van der Waals surface area (Å²) in [5.41, 5.74) is 0.507. The third-order valence-corrected chi connectivity index (χ3v) is 5.62. The fourth-order valence-electron chi connectivity index (χ4n) is 3.96. The number of carboxylic acids is 2. The Kier molecular flexibility index (Phi) is 9.36. The van der Waals surface area contributed by atoms with Crippen molar-refractivity contribution in [1.82, 2.24) is 4.90 Å². The maximum absolute atomic E-state index is 12.9. The average molecular weight is 486 g/mol. The molecule has 1 fully saturated rings. The first kappa shape index (κ1) is 26.7. The smallest absolute Gasteiger partial charge is 0.414 e. The highest BCUT2D eigenvalue weighted by molar-refractivity contribution is 6.31. The van der Waals surface area contributed by atoms with Gasteiger partial charge in [0.15, 0.2) is 11.5 Å². The number of likely N-dealkylation sites (tertiary alicyclic amines) is 1. The number of rotatable bonds is 5. The molecule has 3 rings (SSSR count). The Morgan fingerprint density at radius 3 is 2.30 bits per heavy atom. The summed E-state index contributed by atoms with van der Waals surface area (Å²) in [6.45, 7) is 10.1. The molecule has 0 spiro atoms. The van der Waals surface area contributed by atoms with Crippen molar-refractivity contribution < 1.29 is 38.8 Å². The fourth-order valence-corrected chi connectivity index (χ4v) is 4.19. The topological polar surface area (TPSA) is 123 Å². The summed E-state index contributed by atoms with van der Waals surface area (Å²) < 4.78 is 16.7. The summed E-state index contributed by atoms with van der Waals surface area (Å²) in [7, 11) is 0. The lowest BCUT2D eigenvalue weighted by Gasteiger charge is -2.41. The first-order valence-corrected chi connectivity index (χ1v) is 11.3. The number of hydrogen-bond donors (Lipinski definition) is 2. The molecule has 0 bridgehead atoms. The van der Waals surface area contributed by atoms with Gasteiger partial charge in [-0.2, -0.15) is 0 Å². The monoisotopic (exact) mass is 485 g/mol. The van der Waals surface area contributed by atoms with E-state index in [0.717, 1.165) is 43.7 Å². The molecule has 2 atom stereocenters. The lowest BCUT2D eigenvalue weighted by molar-refractivity contribution is -0.164. The molecule has 1 saturated heterocycles. The van der Waals surface area contributed by atoms with Crippen LogP contribution in [0.25, 0.3) is 0 Å². The molecule has 0 aromatic heterocycles. The van der Waals surface area contributed by atoms with Gasteiger partial charge in [0.1, 0.15) is 5.60 Å². The second-order valence-corrected chi connectivity index (χ2v) is 9.40. The maximum atomic E-state index is 12.9. The van der Waals surface area contributed by atoms with E-state index < -0.39 is 17.5 Å². The zero-order valence-electron chi connectivity index (χ0n) is 19.4. The van der Waals surface area contributed by atoms with Gasteiger partial charge in [0, 0.05) is 17.1 Å². The highest BCUT2D eigenvalue weighted by Crippen LogP contribution is 2.39. The van der Waals surface area contributed by atoms with E-state index in [1.165, 1.54) is 0 Å². The summed E-state index contributed by atoms with van der Waals surface area (Å²) in [4.78, 5) is 33.5. The molecule has 10 heteroatoms. The summed E-state index contributed by atoms with van der Waals surface area (Å²) in [5.74, 6) is -2.50. The second kappa shape index (κ2) is 11.6. The number of carboxylic acid groups (broad SMARTS) is 2. The number of aliphatic carboxylic acids is 2. The second-order valence-electron chi connectivity index (χ2n) is 9.00. The highest BCUT2D eigenvalue weighted by atomic mass is 35.5. The minimum atomic E-state index is -1.82. The van der Waals surface area contributed by atoms with Crippen molar-refractivity contribution in [3.05, 3.63) is 22.7 Å². The zero-order valence-corrected chi connectivity index (χ0v) is 20.2. The lowest BCUT2D eigenvalue weighted by Crippen LogP contribution is -2.50. The quantitative estimate of drug-likeness (QED) is 0.475. The van der Waals surface area contributed by atoms with Gasteiger partial charge < -0.3 is 24.4 Å². The van der Waals surface area contributed by atoms with Crippen LogP contribution in [0.5, 0.6) is 11.5 Å². The van der Waals surface area contributed by atoms with E-state index in [-0.39, 0.29) is 24.7 Å². The number of fused-ring (bicyclic) bond motifs is 1. The molecule has 33 heavy (non-hydrogen) atoms. The van der Waals surface area contributed by atoms with Crippen LogP contribution in [0.2, 0.25) is 5.02 Å². The van der Waals surface area contributed by atoms with Crippen molar-refractivity contribution in [2.24, 2.45) is 5.92 Å². The van der Waals surface area contributed by atoms with Crippen LogP contribution in [-0.2, 0) is 25.5 Å². The molecular formula is C23H32ClNO8. The van der Waals surface area contributed by atoms with E-state index in [0.29, 0.717) is 17.2 Å². The van der Waals surface area contributed by atoms with Crippen LogP contribution in [0.1, 0.15) is 52.5 Å². The molecule has 2 aliphatic rings.